The summed E-state index contributed by atoms with van der Waals surface area (Å²) in [7, 11) is 1.62. The molecule has 0 bridgehead atoms. The largest absolute Gasteiger partial charge is 0.493 e. The van der Waals surface area contributed by atoms with E-state index in [4.69, 9.17) is 9.47 Å². The van der Waals surface area contributed by atoms with E-state index in [1.54, 1.807) is 13.3 Å². The minimum Gasteiger partial charge on any atom is -0.493 e. The van der Waals surface area contributed by atoms with Gasteiger partial charge in [0.2, 0.25) is 0 Å². The standard InChI is InChI=1S/C25H22N6O2/c1-32-22-15-18(11-12-21(22)33-14-13-17-7-3-2-4-8-17)16-26-30-25-28-24-23(29-31-25)19-9-5-6-10-20(19)27-24/h2-12,15-16H,13-14H2,1H3,(H2,27,28,30,31)/b26-16+. The molecule has 5 aromatic rings. The number of fused-ring (bicyclic) bond motifs is 3. The minimum absolute atomic E-state index is 0.304. The van der Waals surface area contributed by atoms with Crippen molar-refractivity contribution in [2.24, 2.45) is 5.10 Å². The lowest BCUT2D eigenvalue weighted by Gasteiger charge is -2.11. The maximum absolute atomic E-state index is 5.91. The van der Waals surface area contributed by atoms with Crippen LogP contribution in [0, 0.1) is 0 Å². The highest BCUT2D eigenvalue weighted by Crippen LogP contribution is 2.28. The van der Waals surface area contributed by atoms with E-state index < -0.39 is 0 Å². The molecule has 0 fully saturated rings. The third kappa shape index (κ3) is 4.59. The summed E-state index contributed by atoms with van der Waals surface area (Å²) in [6.07, 6.45) is 2.49. The van der Waals surface area contributed by atoms with Gasteiger partial charge in [0.05, 0.1) is 19.9 Å². The third-order valence-corrected chi connectivity index (χ3v) is 5.18. The molecular formula is C25H22N6O2. The van der Waals surface area contributed by atoms with E-state index in [2.05, 4.69) is 42.8 Å². The van der Waals surface area contributed by atoms with Crippen LogP contribution in [0.3, 0.4) is 0 Å². The first kappa shape index (κ1) is 20.4. The molecule has 0 aliphatic heterocycles. The van der Waals surface area contributed by atoms with Crippen LogP contribution >= 0.6 is 0 Å². The molecule has 8 nitrogen and oxygen atoms in total. The Morgan fingerprint density at radius 2 is 1.82 bits per heavy atom. The fourth-order valence-corrected chi connectivity index (χ4v) is 3.54. The van der Waals surface area contributed by atoms with Crippen LogP contribution in [0.5, 0.6) is 11.5 Å². The van der Waals surface area contributed by atoms with Crippen molar-refractivity contribution in [3.8, 4) is 11.5 Å². The van der Waals surface area contributed by atoms with Crippen molar-refractivity contribution in [1.29, 1.82) is 0 Å². The van der Waals surface area contributed by atoms with Gasteiger partial charge in [0.25, 0.3) is 5.95 Å². The molecule has 0 radical (unpaired) electrons. The summed E-state index contributed by atoms with van der Waals surface area (Å²) in [5.74, 6) is 1.64. The van der Waals surface area contributed by atoms with Crippen molar-refractivity contribution in [1.82, 2.24) is 20.2 Å². The fraction of sp³-hybridized carbons (Fsp3) is 0.120. The molecule has 2 N–H and O–H groups in total. The Labute approximate surface area is 190 Å². The Morgan fingerprint density at radius 1 is 0.970 bits per heavy atom. The van der Waals surface area contributed by atoms with Gasteiger partial charge in [-0.1, -0.05) is 48.5 Å². The van der Waals surface area contributed by atoms with Gasteiger partial charge in [-0.05, 0) is 35.4 Å². The van der Waals surface area contributed by atoms with Crippen LogP contribution < -0.4 is 14.9 Å². The van der Waals surface area contributed by atoms with Crippen LogP contribution in [0.1, 0.15) is 11.1 Å². The number of hydrazone groups is 1. The lowest BCUT2D eigenvalue weighted by atomic mass is 10.2. The minimum atomic E-state index is 0.304. The van der Waals surface area contributed by atoms with Gasteiger partial charge >= 0.3 is 0 Å². The molecule has 0 saturated heterocycles. The van der Waals surface area contributed by atoms with Crippen LogP contribution in [-0.2, 0) is 6.42 Å². The highest BCUT2D eigenvalue weighted by atomic mass is 16.5. The second-order valence-corrected chi connectivity index (χ2v) is 7.37. The summed E-state index contributed by atoms with van der Waals surface area (Å²) in [5.41, 5.74) is 7.25. The first-order chi connectivity index (χ1) is 16.3. The van der Waals surface area contributed by atoms with E-state index in [0.29, 0.717) is 29.7 Å². The van der Waals surface area contributed by atoms with Gasteiger partial charge in [-0.2, -0.15) is 10.1 Å². The van der Waals surface area contributed by atoms with Gasteiger partial charge in [0.1, 0.15) is 5.52 Å². The Morgan fingerprint density at radius 3 is 2.70 bits per heavy atom. The predicted octanol–water partition coefficient (Wildman–Crippen LogP) is 4.58. The van der Waals surface area contributed by atoms with E-state index >= 15 is 0 Å². The zero-order chi connectivity index (χ0) is 22.5. The molecule has 2 aromatic heterocycles. The summed E-state index contributed by atoms with van der Waals surface area (Å²) >= 11 is 0. The number of hydrogen-bond acceptors (Lipinski definition) is 7. The van der Waals surface area contributed by atoms with Crippen LogP contribution in [-0.4, -0.2) is 40.1 Å². The average molecular weight is 438 g/mol. The normalized spacial score (nSPS) is 11.3. The summed E-state index contributed by atoms with van der Waals surface area (Å²) in [4.78, 5) is 7.69. The van der Waals surface area contributed by atoms with Crippen LogP contribution in [0.15, 0.2) is 77.9 Å². The number of nitrogens with zero attached hydrogens (tertiary/aromatic N) is 4. The second-order valence-electron chi connectivity index (χ2n) is 7.37. The number of rotatable bonds is 8. The summed E-state index contributed by atoms with van der Waals surface area (Å²) < 4.78 is 11.4. The molecule has 0 atom stereocenters. The number of methoxy groups -OCH3 is 1. The second kappa shape index (κ2) is 9.35. The van der Waals surface area contributed by atoms with Gasteiger partial charge < -0.3 is 14.5 Å². The quantitative estimate of drug-likeness (QED) is 0.272. The van der Waals surface area contributed by atoms with E-state index in [-0.39, 0.29) is 0 Å². The van der Waals surface area contributed by atoms with E-state index in [1.807, 2.05) is 60.7 Å². The molecule has 8 heteroatoms. The molecule has 0 spiro atoms. The van der Waals surface area contributed by atoms with Gasteiger partial charge in [-0.15, -0.1) is 10.2 Å². The van der Waals surface area contributed by atoms with Crippen molar-refractivity contribution in [2.45, 2.75) is 6.42 Å². The first-order valence-electron chi connectivity index (χ1n) is 10.5. The number of nitrogens with one attached hydrogen (secondary N) is 2. The first-order valence-corrected chi connectivity index (χ1v) is 10.5. The van der Waals surface area contributed by atoms with Crippen LogP contribution in [0.2, 0.25) is 0 Å². The lowest BCUT2D eigenvalue weighted by Crippen LogP contribution is -2.03. The van der Waals surface area contributed by atoms with Crippen LogP contribution in [0.4, 0.5) is 5.95 Å². The maximum Gasteiger partial charge on any atom is 0.265 e. The van der Waals surface area contributed by atoms with E-state index in [1.165, 1.54) is 5.56 Å². The van der Waals surface area contributed by atoms with Gasteiger partial charge in [0.15, 0.2) is 17.1 Å². The zero-order valence-electron chi connectivity index (χ0n) is 18.0. The predicted molar refractivity (Wildman–Crippen MR) is 129 cm³/mol. The molecule has 0 saturated carbocycles. The van der Waals surface area contributed by atoms with Crippen molar-refractivity contribution in [2.75, 3.05) is 19.1 Å². The number of hydrogen-bond donors (Lipinski definition) is 2. The molecule has 33 heavy (non-hydrogen) atoms. The van der Waals surface area contributed by atoms with Crippen molar-refractivity contribution in [3.63, 3.8) is 0 Å². The fourth-order valence-electron chi connectivity index (χ4n) is 3.54. The average Bonchev–Trinajstić information content (AvgIpc) is 3.23. The Balaban J connectivity index is 1.24. The summed E-state index contributed by atoms with van der Waals surface area (Å²) in [5, 5.41) is 13.6. The SMILES string of the molecule is COc1cc(/C=N/Nc2nnc3c(n2)[nH]c2ccccc23)ccc1OCCc1ccccc1. The van der Waals surface area contributed by atoms with E-state index in [9.17, 15) is 0 Å². The lowest BCUT2D eigenvalue weighted by molar-refractivity contribution is 0.297. The Bertz CT molecular complexity index is 1410. The molecule has 164 valence electrons. The zero-order valence-corrected chi connectivity index (χ0v) is 18.0. The van der Waals surface area contributed by atoms with Crippen molar-refractivity contribution in [3.05, 3.63) is 83.9 Å². The topological polar surface area (TPSA) is 97.3 Å². The molecular weight excluding hydrogens is 416 g/mol. The highest BCUT2D eigenvalue weighted by molar-refractivity contribution is 6.03. The van der Waals surface area contributed by atoms with Crippen molar-refractivity contribution >= 4 is 34.2 Å². The summed E-state index contributed by atoms with van der Waals surface area (Å²) in [6, 6.07) is 23.8. The molecule has 0 unspecified atom stereocenters. The number of ether oxygens (including phenoxy) is 2. The molecule has 3 aromatic carbocycles. The smallest absolute Gasteiger partial charge is 0.265 e. The molecule has 0 aliphatic carbocycles. The van der Waals surface area contributed by atoms with Gasteiger partial charge in [-0.25, -0.2) is 5.43 Å². The van der Waals surface area contributed by atoms with Crippen molar-refractivity contribution < 1.29 is 9.47 Å². The third-order valence-electron chi connectivity index (χ3n) is 5.18. The maximum atomic E-state index is 5.91. The van der Waals surface area contributed by atoms with E-state index in [0.717, 1.165) is 28.4 Å². The summed E-state index contributed by atoms with van der Waals surface area (Å²) in [6.45, 7) is 0.565. The molecule has 0 amide bonds. The number of benzene rings is 3. The molecule has 2 heterocycles. The number of para-hydroxylation sites is 1. The number of H-pyrrole nitrogens is 1. The Hall–Kier alpha value is -4.46. The number of aromatic nitrogens is 4. The molecule has 0 aliphatic rings. The highest BCUT2D eigenvalue weighted by Gasteiger charge is 2.08. The van der Waals surface area contributed by atoms with Gasteiger partial charge in [0, 0.05) is 17.3 Å². The molecule has 5 rings (SSSR count). The number of aromatic amines is 1. The number of anilines is 1. The van der Waals surface area contributed by atoms with Gasteiger partial charge in [-0.3, -0.25) is 0 Å². The van der Waals surface area contributed by atoms with Crippen LogP contribution in [0.25, 0.3) is 22.1 Å². The monoisotopic (exact) mass is 438 g/mol. The Kier molecular flexibility index (Phi) is 5.79.